The van der Waals surface area contributed by atoms with Crippen molar-refractivity contribution in [1.29, 1.82) is 0 Å². The van der Waals surface area contributed by atoms with Crippen molar-refractivity contribution in [2.24, 2.45) is 16.1 Å². The van der Waals surface area contributed by atoms with Crippen LogP contribution in [-0.4, -0.2) is 35.0 Å². The molecule has 1 aromatic carbocycles. The molecule has 9 nitrogen and oxygen atoms in total. The molecule has 0 radical (unpaired) electrons. The first-order valence-corrected chi connectivity index (χ1v) is 10.7. The quantitative estimate of drug-likeness (QED) is 0.566. The lowest BCUT2D eigenvalue weighted by Gasteiger charge is -2.20. The van der Waals surface area contributed by atoms with E-state index in [-0.39, 0.29) is 42.2 Å². The summed E-state index contributed by atoms with van der Waals surface area (Å²) in [5, 5.41) is 17.5. The molecule has 1 atom stereocenters. The third-order valence-electron chi connectivity index (χ3n) is 5.25. The van der Waals surface area contributed by atoms with E-state index in [1.165, 1.54) is 6.07 Å². The van der Waals surface area contributed by atoms with Crippen molar-refractivity contribution in [1.82, 2.24) is 20.8 Å². The third-order valence-corrected chi connectivity index (χ3v) is 5.25. The number of benzene rings is 1. The van der Waals surface area contributed by atoms with Gasteiger partial charge in [-0.2, -0.15) is 4.98 Å². The number of aromatic nitrogens is 2. The summed E-state index contributed by atoms with van der Waals surface area (Å²) in [6.45, 7) is 2.72. The van der Waals surface area contributed by atoms with Crippen LogP contribution in [0.15, 0.2) is 68.6 Å². The van der Waals surface area contributed by atoms with Gasteiger partial charge in [0.05, 0.1) is 5.92 Å². The predicted molar refractivity (Wildman–Crippen MR) is 117 cm³/mol. The zero-order chi connectivity index (χ0) is 23.2. The number of nitrogens with zero attached hydrogens (tertiary/aromatic N) is 4. The van der Waals surface area contributed by atoms with Gasteiger partial charge in [0.1, 0.15) is 5.82 Å². The monoisotopic (exact) mass is 450 g/mol. The van der Waals surface area contributed by atoms with Crippen LogP contribution < -0.4 is 10.6 Å². The number of nitrogens with one attached hydrogen (secondary N) is 2. The van der Waals surface area contributed by atoms with E-state index in [1.807, 2.05) is 18.2 Å². The Hall–Kier alpha value is -3.95. The second-order valence-electron chi connectivity index (χ2n) is 7.67. The lowest BCUT2D eigenvalue weighted by atomic mass is 9.93. The smallest absolute Gasteiger partial charge is 0.276 e. The summed E-state index contributed by atoms with van der Waals surface area (Å²) in [6, 6.07) is 4.73. The van der Waals surface area contributed by atoms with Crippen LogP contribution in [0.2, 0.25) is 0 Å². The van der Waals surface area contributed by atoms with Gasteiger partial charge in [-0.05, 0) is 25.0 Å². The maximum atomic E-state index is 13.7. The zero-order valence-electron chi connectivity index (χ0n) is 18.0. The summed E-state index contributed by atoms with van der Waals surface area (Å²) in [6.07, 6.45) is 8.47. The fourth-order valence-corrected chi connectivity index (χ4v) is 3.38. The molecule has 1 unspecified atom stereocenters. The Morgan fingerprint density at radius 3 is 2.94 bits per heavy atom. The van der Waals surface area contributed by atoms with Crippen molar-refractivity contribution in [2.75, 3.05) is 13.1 Å². The van der Waals surface area contributed by atoms with Crippen LogP contribution in [0.5, 0.6) is 0 Å². The van der Waals surface area contributed by atoms with Crippen LogP contribution in [-0.2, 0) is 16.0 Å². The number of fused-ring (bicyclic) bond motifs is 1. The van der Waals surface area contributed by atoms with Crippen LogP contribution in [0.3, 0.4) is 0 Å². The van der Waals surface area contributed by atoms with Crippen LogP contribution in [0.1, 0.15) is 24.3 Å². The fraction of sp³-hybridized carbons (Fsp3) is 0.304. The van der Waals surface area contributed by atoms with Crippen molar-refractivity contribution in [3.8, 4) is 11.4 Å². The molecule has 2 aliphatic rings. The molecule has 170 valence electrons. The number of amides is 2. The lowest BCUT2D eigenvalue weighted by molar-refractivity contribution is -0.121. The summed E-state index contributed by atoms with van der Waals surface area (Å²) in [5.41, 5.74) is 1.86. The average Bonchev–Trinajstić information content (AvgIpc) is 3.30. The van der Waals surface area contributed by atoms with Crippen LogP contribution in [0.25, 0.3) is 11.4 Å². The molecule has 10 heteroatoms. The maximum Gasteiger partial charge on any atom is 0.276 e. The standard InChI is InChI=1S/C23H23FN6O3/c1-14-7-8-15(13-18(14)24)21-27-20(33-30-21)10-9-19(31)25-11-4-12-26-22-16-5-2-3-6-17(16)23(32)29-28-22/h2-3,5-8,13,17,26H,4,9-12H2,1H3,(H,25,31). The molecule has 2 amide bonds. The van der Waals surface area contributed by atoms with Crippen molar-refractivity contribution < 1.29 is 18.5 Å². The minimum Gasteiger partial charge on any atom is -0.368 e. The highest BCUT2D eigenvalue weighted by atomic mass is 19.1. The van der Waals surface area contributed by atoms with Gasteiger partial charge in [0.2, 0.25) is 17.6 Å². The van der Waals surface area contributed by atoms with E-state index in [9.17, 15) is 14.0 Å². The molecule has 2 aromatic rings. The SMILES string of the molecule is Cc1ccc(-c2noc(CCC(=O)NCCCNC3=C4C=CC=CC4C(=O)N=N3)n2)cc1F. The molecular formula is C23H23FN6O3. The average molecular weight is 450 g/mol. The number of carbonyl (C=O) groups is 2. The summed E-state index contributed by atoms with van der Waals surface area (Å²) < 4.78 is 18.9. The van der Waals surface area contributed by atoms with E-state index in [4.69, 9.17) is 4.52 Å². The fourth-order valence-electron chi connectivity index (χ4n) is 3.38. The molecule has 1 aromatic heterocycles. The Labute approximate surface area is 189 Å². The minimum atomic E-state index is -0.384. The summed E-state index contributed by atoms with van der Waals surface area (Å²) in [7, 11) is 0. The summed E-state index contributed by atoms with van der Waals surface area (Å²) >= 11 is 0. The molecule has 0 saturated carbocycles. The molecular weight excluding hydrogens is 427 g/mol. The first-order valence-electron chi connectivity index (χ1n) is 10.7. The molecule has 0 saturated heterocycles. The number of azo groups is 1. The molecule has 0 spiro atoms. The first-order chi connectivity index (χ1) is 16.0. The van der Waals surface area contributed by atoms with Gasteiger partial charge in [-0.15, -0.1) is 10.2 Å². The number of rotatable bonds is 9. The Morgan fingerprint density at radius 2 is 2.09 bits per heavy atom. The normalized spacial score (nSPS) is 16.8. The van der Waals surface area contributed by atoms with Gasteiger partial charge in [0.25, 0.3) is 5.91 Å². The number of aryl methyl sites for hydroxylation is 2. The lowest BCUT2D eigenvalue weighted by Crippen LogP contribution is -2.28. The third kappa shape index (κ3) is 5.46. The number of allylic oxidation sites excluding steroid dienone is 3. The number of carbonyl (C=O) groups excluding carboxylic acids is 2. The van der Waals surface area contributed by atoms with E-state index >= 15 is 0 Å². The van der Waals surface area contributed by atoms with Gasteiger partial charge >= 0.3 is 0 Å². The van der Waals surface area contributed by atoms with Gasteiger partial charge in [-0.25, -0.2) is 4.39 Å². The topological polar surface area (TPSA) is 122 Å². The summed E-state index contributed by atoms with van der Waals surface area (Å²) in [4.78, 5) is 28.1. The molecule has 2 heterocycles. The van der Waals surface area contributed by atoms with Gasteiger partial charge in [-0.1, -0.05) is 41.6 Å². The van der Waals surface area contributed by atoms with E-state index in [0.717, 1.165) is 5.57 Å². The van der Waals surface area contributed by atoms with Gasteiger partial charge in [-0.3, -0.25) is 9.59 Å². The van der Waals surface area contributed by atoms with Crippen molar-refractivity contribution >= 4 is 11.8 Å². The van der Waals surface area contributed by atoms with Gasteiger partial charge in [0.15, 0.2) is 5.82 Å². The largest absolute Gasteiger partial charge is 0.368 e. The molecule has 4 rings (SSSR count). The second-order valence-corrected chi connectivity index (χ2v) is 7.67. The van der Waals surface area contributed by atoms with E-state index in [0.29, 0.717) is 42.3 Å². The van der Waals surface area contributed by atoms with Crippen molar-refractivity contribution in [3.05, 3.63) is 71.2 Å². The minimum absolute atomic E-state index is 0.137. The molecule has 1 aliphatic carbocycles. The Morgan fingerprint density at radius 1 is 1.21 bits per heavy atom. The Bertz CT molecular complexity index is 1180. The first kappa shape index (κ1) is 22.3. The molecule has 33 heavy (non-hydrogen) atoms. The van der Waals surface area contributed by atoms with E-state index in [1.54, 1.807) is 25.1 Å². The Kier molecular flexibility index (Phi) is 6.82. The van der Waals surface area contributed by atoms with Crippen LogP contribution in [0.4, 0.5) is 4.39 Å². The van der Waals surface area contributed by atoms with E-state index < -0.39 is 0 Å². The van der Waals surface area contributed by atoms with Crippen molar-refractivity contribution in [2.45, 2.75) is 26.2 Å². The van der Waals surface area contributed by atoms with E-state index in [2.05, 4.69) is 31.0 Å². The predicted octanol–water partition coefficient (Wildman–Crippen LogP) is 3.16. The molecule has 0 bridgehead atoms. The molecule has 2 N–H and O–H groups in total. The molecule has 0 fully saturated rings. The number of hydrogen-bond acceptors (Lipinski definition) is 7. The highest BCUT2D eigenvalue weighted by Gasteiger charge is 2.26. The maximum absolute atomic E-state index is 13.7. The number of halogens is 1. The highest BCUT2D eigenvalue weighted by Crippen LogP contribution is 2.27. The van der Waals surface area contributed by atoms with Crippen LogP contribution in [0, 0.1) is 18.7 Å². The summed E-state index contributed by atoms with van der Waals surface area (Å²) in [5.74, 6) is 0.0495. The highest BCUT2D eigenvalue weighted by molar-refractivity contribution is 5.86. The van der Waals surface area contributed by atoms with Gasteiger partial charge in [0, 0.05) is 37.1 Å². The van der Waals surface area contributed by atoms with Crippen LogP contribution >= 0.6 is 0 Å². The molecule has 1 aliphatic heterocycles. The zero-order valence-corrected chi connectivity index (χ0v) is 18.0. The van der Waals surface area contributed by atoms with Crippen molar-refractivity contribution in [3.63, 3.8) is 0 Å². The van der Waals surface area contributed by atoms with Gasteiger partial charge < -0.3 is 15.2 Å². The Balaban J connectivity index is 1.17. The second kappa shape index (κ2) is 10.1. The number of hydrogen-bond donors (Lipinski definition) is 2.